The maximum absolute atomic E-state index is 14.0. The molecule has 0 radical (unpaired) electrons. The Kier molecular flexibility index (Phi) is 2.99. The minimum Gasteiger partial charge on any atom is -0.493 e. The molecule has 2 aliphatic heterocycles. The Hall–Kier alpha value is -1.49. The first-order valence-electron chi connectivity index (χ1n) is 6.20. The van der Waals surface area contributed by atoms with Gasteiger partial charge in [0.25, 0.3) is 0 Å². The molecule has 1 saturated heterocycles. The summed E-state index contributed by atoms with van der Waals surface area (Å²) in [6.45, 7) is 1.87. The van der Waals surface area contributed by atoms with Crippen LogP contribution in [0.15, 0.2) is 6.07 Å². The van der Waals surface area contributed by atoms with Crippen LogP contribution >= 0.6 is 0 Å². The lowest BCUT2D eigenvalue weighted by Crippen LogP contribution is -2.21. The Balaban J connectivity index is 2.14. The maximum atomic E-state index is 14.0. The van der Waals surface area contributed by atoms with Gasteiger partial charge in [-0.2, -0.15) is 0 Å². The number of fused-ring (bicyclic) bond motifs is 1. The molecule has 5 heteroatoms. The molecule has 98 valence electrons. The second-order valence-corrected chi connectivity index (χ2v) is 4.48. The molecule has 0 spiro atoms. The fourth-order valence-corrected chi connectivity index (χ4v) is 2.62. The first kappa shape index (κ1) is 11.6. The smallest absolute Gasteiger partial charge is 0.170 e. The van der Waals surface area contributed by atoms with E-state index in [0.717, 1.165) is 24.9 Å². The normalized spacial score (nSPS) is 22.0. The van der Waals surface area contributed by atoms with E-state index in [4.69, 9.17) is 14.2 Å². The third kappa shape index (κ3) is 1.79. The van der Waals surface area contributed by atoms with E-state index in [-0.39, 0.29) is 11.8 Å². The molecule has 0 aromatic heterocycles. The van der Waals surface area contributed by atoms with Crippen LogP contribution in [0.25, 0.3) is 0 Å². The average Bonchev–Trinajstić information content (AvgIpc) is 2.90. The summed E-state index contributed by atoms with van der Waals surface area (Å²) in [6.07, 6.45) is 2.02. The molecule has 2 aliphatic rings. The summed E-state index contributed by atoms with van der Waals surface area (Å²) in [7, 11) is 1.48. The molecular formula is C13H16FNO3. The number of nitrogens with one attached hydrogen (secondary N) is 1. The third-order valence-corrected chi connectivity index (χ3v) is 3.39. The zero-order chi connectivity index (χ0) is 12.5. The van der Waals surface area contributed by atoms with Gasteiger partial charge >= 0.3 is 0 Å². The first-order chi connectivity index (χ1) is 8.81. The van der Waals surface area contributed by atoms with E-state index in [9.17, 15) is 4.39 Å². The zero-order valence-electron chi connectivity index (χ0n) is 10.3. The fraction of sp³-hybridized carbons (Fsp3) is 0.538. The second-order valence-electron chi connectivity index (χ2n) is 4.48. The molecule has 1 aromatic rings. The molecular weight excluding hydrogens is 237 g/mol. The summed E-state index contributed by atoms with van der Waals surface area (Å²) < 4.78 is 30.3. The van der Waals surface area contributed by atoms with E-state index >= 15 is 0 Å². The number of hydrogen-bond acceptors (Lipinski definition) is 4. The predicted molar refractivity (Wildman–Crippen MR) is 63.9 cm³/mol. The van der Waals surface area contributed by atoms with Crippen molar-refractivity contribution in [1.29, 1.82) is 0 Å². The van der Waals surface area contributed by atoms with Crippen LogP contribution in [-0.2, 0) is 0 Å². The van der Waals surface area contributed by atoms with Gasteiger partial charge in [-0.1, -0.05) is 0 Å². The number of halogens is 1. The quantitative estimate of drug-likeness (QED) is 0.875. The molecule has 2 heterocycles. The second kappa shape index (κ2) is 4.65. The van der Waals surface area contributed by atoms with Crippen molar-refractivity contribution in [3.8, 4) is 17.2 Å². The molecule has 1 atom stereocenters. The largest absolute Gasteiger partial charge is 0.493 e. The topological polar surface area (TPSA) is 39.7 Å². The molecule has 1 unspecified atom stereocenters. The number of methoxy groups -OCH3 is 1. The molecule has 0 bridgehead atoms. The molecule has 0 saturated carbocycles. The van der Waals surface area contributed by atoms with Crippen molar-refractivity contribution >= 4 is 0 Å². The highest BCUT2D eigenvalue weighted by molar-refractivity contribution is 5.57. The van der Waals surface area contributed by atoms with Crippen molar-refractivity contribution in [2.75, 3.05) is 26.9 Å². The molecule has 18 heavy (non-hydrogen) atoms. The Morgan fingerprint density at radius 1 is 1.39 bits per heavy atom. The van der Waals surface area contributed by atoms with Crippen LogP contribution in [0.2, 0.25) is 0 Å². The Morgan fingerprint density at radius 3 is 2.94 bits per heavy atom. The van der Waals surface area contributed by atoms with Gasteiger partial charge in [-0.3, -0.25) is 0 Å². The third-order valence-electron chi connectivity index (χ3n) is 3.39. The van der Waals surface area contributed by atoms with Gasteiger partial charge in [-0.05, 0) is 19.4 Å². The number of rotatable bonds is 2. The van der Waals surface area contributed by atoms with Gasteiger partial charge in [-0.15, -0.1) is 0 Å². The SMILES string of the molecule is COc1c(F)cc2c(c1C1CCCN1)OCCO2. The standard InChI is InChI=1S/C13H16FNO3/c1-16-12-8(14)7-10-13(18-6-5-17-10)11(12)9-3-2-4-15-9/h7,9,15H,2-6H2,1H3. The molecule has 3 rings (SSSR count). The summed E-state index contributed by atoms with van der Waals surface area (Å²) in [5.41, 5.74) is 0.754. The van der Waals surface area contributed by atoms with E-state index in [1.54, 1.807) is 0 Å². The van der Waals surface area contributed by atoms with Crippen LogP contribution < -0.4 is 19.5 Å². The van der Waals surface area contributed by atoms with Crippen molar-refractivity contribution in [3.05, 3.63) is 17.4 Å². The molecule has 1 aromatic carbocycles. The van der Waals surface area contributed by atoms with Gasteiger partial charge in [0.2, 0.25) is 0 Å². The van der Waals surface area contributed by atoms with Crippen molar-refractivity contribution in [3.63, 3.8) is 0 Å². The van der Waals surface area contributed by atoms with E-state index in [0.29, 0.717) is 24.7 Å². The number of benzene rings is 1. The molecule has 0 aliphatic carbocycles. The predicted octanol–water partition coefficient (Wildman–Crippen LogP) is 2.03. The van der Waals surface area contributed by atoms with Gasteiger partial charge in [0, 0.05) is 12.1 Å². The van der Waals surface area contributed by atoms with Gasteiger partial charge in [0.1, 0.15) is 13.2 Å². The highest BCUT2D eigenvalue weighted by atomic mass is 19.1. The first-order valence-corrected chi connectivity index (χ1v) is 6.20. The molecule has 4 nitrogen and oxygen atoms in total. The van der Waals surface area contributed by atoms with Crippen LogP contribution in [0.3, 0.4) is 0 Å². The van der Waals surface area contributed by atoms with Crippen molar-refractivity contribution in [2.24, 2.45) is 0 Å². The lowest BCUT2D eigenvalue weighted by Gasteiger charge is -2.25. The van der Waals surface area contributed by atoms with Crippen LogP contribution in [0, 0.1) is 5.82 Å². The Morgan fingerprint density at radius 2 is 2.22 bits per heavy atom. The summed E-state index contributed by atoms with van der Waals surface area (Å²) >= 11 is 0. The van der Waals surface area contributed by atoms with Crippen molar-refractivity contribution < 1.29 is 18.6 Å². The van der Waals surface area contributed by atoms with Gasteiger partial charge in [-0.25, -0.2) is 4.39 Å². The minimum absolute atomic E-state index is 0.0751. The van der Waals surface area contributed by atoms with E-state index < -0.39 is 5.82 Å². The number of ether oxygens (including phenoxy) is 3. The van der Waals surface area contributed by atoms with Gasteiger partial charge < -0.3 is 19.5 Å². The highest BCUT2D eigenvalue weighted by Crippen LogP contribution is 2.46. The zero-order valence-corrected chi connectivity index (χ0v) is 10.3. The molecule has 1 fully saturated rings. The summed E-state index contributed by atoms with van der Waals surface area (Å²) in [4.78, 5) is 0. The van der Waals surface area contributed by atoms with E-state index in [2.05, 4.69) is 5.32 Å². The average molecular weight is 253 g/mol. The van der Waals surface area contributed by atoms with Crippen LogP contribution in [0.5, 0.6) is 17.2 Å². The maximum Gasteiger partial charge on any atom is 0.170 e. The van der Waals surface area contributed by atoms with E-state index in [1.165, 1.54) is 13.2 Å². The van der Waals surface area contributed by atoms with Crippen LogP contribution in [0.1, 0.15) is 24.4 Å². The van der Waals surface area contributed by atoms with Crippen LogP contribution in [-0.4, -0.2) is 26.9 Å². The van der Waals surface area contributed by atoms with Gasteiger partial charge in [0.15, 0.2) is 23.1 Å². The van der Waals surface area contributed by atoms with Crippen molar-refractivity contribution in [1.82, 2.24) is 5.32 Å². The number of hydrogen-bond donors (Lipinski definition) is 1. The highest BCUT2D eigenvalue weighted by Gasteiger charge is 2.30. The monoisotopic (exact) mass is 253 g/mol. The van der Waals surface area contributed by atoms with E-state index in [1.807, 2.05) is 0 Å². The molecule has 0 amide bonds. The molecule has 1 N–H and O–H groups in total. The Bertz CT molecular complexity index is 458. The fourth-order valence-electron chi connectivity index (χ4n) is 2.62. The minimum atomic E-state index is -0.398. The lowest BCUT2D eigenvalue weighted by atomic mass is 10.0. The van der Waals surface area contributed by atoms with Crippen molar-refractivity contribution in [2.45, 2.75) is 18.9 Å². The lowest BCUT2D eigenvalue weighted by molar-refractivity contribution is 0.166. The summed E-state index contributed by atoms with van der Waals surface area (Å²) in [6, 6.07) is 1.41. The van der Waals surface area contributed by atoms with Gasteiger partial charge in [0.05, 0.1) is 12.7 Å². The summed E-state index contributed by atoms with van der Waals surface area (Å²) in [5, 5.41) is 3.34. The Labute approximate surface area is 105 Å². The summed E-state index contributed by atoms with van der Waals surface area (Å²) in [5.74, 6) is 0.964. The van der Waals surface area contributed by atoms with Crippen LogP contribution in [0.4, 0.5) is 4.39 Å².